The first-order valence-corrected chi connectivity index (χ1v) is 14.9. The second kappa shape index (κ2) is 14.5. The standard InChI is InChI=1S/C33H36O8S/c1-5-42-32-31(40-24(4)36)30(39-23(3)35)29(38-22(2)34)28(41-32)21-37-33(25-15-9-6-10-16-25,26-17-11-7-12-18-26)27-19-13-8-14-20-27/h6-20,28-32H,5,21H2,1-4H3/t28-,29+,30-,31+,32+/m1/s1. The fourth-order valence-corrected chi connectivity index (χ4v) is 6.21. The number of esters is 3. The molecule has 222 valence electrons. The summed E-state index contributed by atoms with van der Waals surface area (Å²) in [6, 6.07) is 29.5. The average molecular weight is 593 g/mol. The van der Waals surface area contributed by atoms with Crippen molar-refractivity contribution >= 4 is 29.7 Å². The molecular weight excluding hydrogens is 556 g/mol. The average Bonchev–Trinajstić information content (AvgIpc) is 2.98. The Labute approximate surface area is 250 Å². The summed E-state index contributed by atoms with van der Waals surface area (Å²) in [5.41, 5.74) is 0.886. The lowest BCUT2D eigenvalue weighted by molar-refractivity contribution is -0.241. The second-order valence-corrected chi connectivity index (χ2v) is 11.2. The molecule has 3 aromatic rings. The second-order valence-electron chi connectivity index (χ2n) is 9.81. The Morgan fingerprint density at radius 1 is 0.667 bits per heavy atom. The molecule has 5 atom stereocenters. The van der Waals surface area contributed by atoms with Crippen molar-refractivity contribution in [2.24, 2.45) is 0 Å². The zero-order chi connectivity index (χ0) is 30.1. The van der Waals surface area contributed by atoms with Crippen LogP contribution in [0, 0.1) is 0 Å². The molecule has 8 nitrogen and oxygen atoms in total. The van der Waals surface area contributed by atoms with E-state index in [2.05, 4.69) is 0 Å². The third kappa shape index (κ3) is 7.21. The monoisotopic (exact) mass is 592 g/mol. The molecule has 0 amide bonds. The van der Waals surface area contributed by atoms with Gasteiger partial charge in [0, 0.05) is 20.8 Å². The van der Waals surface area contributed by atoms with Crippen LogP contribution in [-0.4, -0.2) is 60.1 Å². The predicted octanol–water partition coefficient (Wildman–Crippen LogP) is 5.27. The van der Waals surface area contributed by atoms with Crippen LogP contribution in [0.25, 0.3) is 0 Å². The lowest BCUT2D eigenvalue weighted by Crippen LogP contribution is -2.61. The molecule has 4 rings (SSSR count). The molecule has 1 aliphatic heterocycles. The first kappa shape index (κ1) is 31.3. The van der Waals surface area contributed by atoms with Gasteiger partial charge >= 0.3 is 17.9 Å². The maximum atomic E-state index is 12.3. The van der Waals surface area contributed by atoms with Crippen molar-refractivity contribution in [3.63, 3.8) is 0 Å². The van der Waals surface area contributed by atoms with E-state index in [1.807, 2.05) is 97.9 Å². The van der Waals surface area contributed by atoms with Crippen molar-refractivity contribution in [1.82, 2.24) is 0 Å². The minimum Gasteiger partial charge on any atom is -0.456 e. The highest BCUT2D eigenvalue weighted by atomic mass is 32.2. The highest BCUT2D eigenvalue weighted by Crippen LogP contribution is 2.42. The normalized spacial score (nSPS) is 22.1. The van der Waals surface area contributed by atoms with Crippen molar-refractivity contribution in [2.45, 2.75) is 63.1 Å². The van der Waals surface area contributed by atoms with Gasteiger partial charge in [0.05, 0.1) is 6.61 Å². The third-order valence-electron chi connectivity index (χ3n) is 6.83. The third-order valence-corrected chi connectivity index (χ3v) is 7.87. The van der Waals surface area contributed by atoms with Crippen LogP contribution in [0.2, 0.25) is 0 Å². The summed E-state index contributed by atoms with van der Waals surface area (Å²) < 4.78 is 30.4. The Bertz CT molecular complexity index is 1220. The number of hydrogen-bond donors (Lipinski definition) is 0. The largest absolute Gasteiger partial charge is 0.456 e. The van der Waals surface area contributed by atoms with E-state index < -0.39 is 53.4 Å². The molecule has 0 spiro atoms. The van der Waals surface area contributed by atoms with Gasteiger partial charge in [-0.15, -0.1) is 11.8 Å². The summed E-state index contributed by atoms with van der Waals surface area (Å²) in [7, 11) is 0. The Kier molecular flexibility index (Phi) is 10.8. The van der Waals surface area contributed by atoms with E-state index in [0.717, 1.165) is 16.7 Å². The van der Waals surface area contributed by atoms with Crippen molar-refractivity contribution in [2.75, 3.05) is 12.4 Å². The fraction of sp³-hybridized carbons (Fsp3) is 0.364. The zero-order valence-electron chi connectivity index (χ0n) is 24.1. The van der Waals surface area contributed by atoms with Gasteiger partial charge < -0.3 is 23.7 Å². The molecule has 0 aromatic heterocycles. The minimum atomic E-state index is -1.11. The van der Waals surface area contributed by atoms with Crippen molar-refractivity contribution in [3.8, 4) is 0 Å². The van der Waals surface area contributed by atoms with E-state index in [-0.39, 0.29) is 6.61 Å². The molecule has 0 bridgehead atoms. The highest BCUT2D eigenvalue weighted by molar-refractivity contribution is 7.99. The smallest absolute Gasteiger partial charge is 0.303 e. The first-order chi connectivity index (χ1) is 20.3. The van der Waals surface area contributed by atoms with Gasteiger partial charge in [-0.3, -0.25) is 14.4 Å². The SMILES string of the molecule is CCS[C@@H]1O[C@H](COC(c2ccccc2)(c2ccccc2)c2ccccc2)[C@H](OC(C)=O)[C@@H](OC(C)=O)[C@@H]1OC(C)=O. The van der Waals surface area contributed by atoms with E-state index in [1.54, 1.807) is 0 Å². The van der Waals surface area contributed by atoms with Crippen LogP contribution in [0.15, 0.2) is 91.0 Å². The van der Waals surface area contributed by atoms with E-state index in [1.165, 1.54) is 32.5 Å². The molecule has 42 heavy (non-hydrogen) atoms. The summed E-state index contributed by atoms with van der Waals surface area (Å²) in [6.45, 7) is 5.67. The molecule has 1 fully saturated rings. The molecule has 0 saturated carbocycles. The minimum absolute atomic E-state index is 0.0536. The summed E-state index contributed by atoms with van der Waals surface area (Å²) >= 11 is 1.39. The number of carbonyl (C=O) groups is 3. The van der Waals surface area contributed by atoms with Crippen molar-refractivity contribution in [3.05, 3.63) is 108 Å². The Hall–Kier alpha value is -3.66. The lowest BCUT2D eigenvalue weighted by Gasteiger charge is -2.45. The highest BCUT2D eigenvalue weighted by Gasteiger charge is 2.52. The van der Waals surface area contributed by atoms with Crippen LogP contribution in [0.5, 0.6) is 0 Å². The molecular formula is C33H36O8S. The summed E-state index contributed by atoms with van der Waals surface area (Å²) in [5.74, 6) is -1.16. The molecule has 0 radical (unpaired) electrons. The van der Waals surface area contributed by atoms with Gasteiger partial charge in [-0.05, 0) is 22.4 Å². The van der Waals surface area contributed by atoms with Gasteiger partial charge in [0.15, 0.2) is 18.3 Å². The number of thioether (sulfide) groups is 1. The molecule has 1 saturated heterocycles. The zero-order valence-corrected chi connectivity index (χ0v) is 25.0. The van der Waals surface area contributed by atoms with Crippen LogP contribution in [0.3, 0.4) is 0 Å². The first-order valence-electron chi connectivity index (χ1n) is 13.9. The van der Waals surface area contributed by atoms with E-state index in [4.69, 9.17) is 23.7 Å². The van der Waals surface area contributed by atoms with Crippen LogP contribution in [0.1, 0.15) is 44.4 Å². The van der Waals surface area contributed by atoms with Gasteiger partial charge in [0.25, 0.3) is 0 Å². The molecule has 9 heteroatoms. The molecule has 0 unspecified atom stereocenters. The Morgan fingerprint density at radius 3 is 1.48 bits per heavy atom. The van der Waals surface area contributed by atoms with E-state index >= 15 is 0 Å². The molecule has 3 aromatic carbocycles. The van der Waals surface area contributed by atoms with E-state index in [0.29, 0.717) is 5.75 Å². The molecule has 1 heterocycles. The number of benzene rings is 3. The number of hydrogen-bond acceptors (Lipinski definition) is 9. The number of ether oxygens (including phenoxy) is 5. The van der Waals surface area contributed by atoms with Crippen LogP contribution >= 0.6 is 11.8 Å². The topological polar surface area (TPSA) is 97.4 Å². The van der Waals surface area contributed by atoms with Gasteiger partial charge in [-0.2, -0.15) is 0 Å². The molecule has 1 aliphatic rings. The lowest BCUT2D eigenvalue weighted by atomic mass is 9.80. The maximum absolute atomic E-state index is 12.3. The summed E-state index contributed by atoms with van der Waals surface area (Å²) in [6.07, 6.45) is -4.09. The molecule has 0 N–H and O–H groups in total. The predicted molar refractivity (Wildman–Crippen MR) is 159 cm³/mol. The van der Waals surface area contributed by atoms with Crippen molar-refractivity contribution in [1.29, 1.82) is 0 Å². The van der Waals surface area contributed by atoms with Crippen LogP contribution < -0.4 is 0 Å². The number of rotatable bonds is 11. The van der Waals surface area contributed by atoms with Gasteiger partial charge in [-0.1, -0.05) is 97.9 Å². The Balaban J connectivity index is 1.81. The van der Waals surface area contributed by atoms with Crippen molar-refractivity contribution < 1.29 is 38.1 Å². The summed E-state index contributed by atoms with van der Waals surface area (Å²) in [4.78, 5) is 36.6. The van der Waals surface area contributed by atoms with E-state index in [9.17, 15) is 14.4 Å². The molecule has 0 aliphatic carbocycles. The van der Waals surface area contributed by atoms with Gasteiger partial charge in [0.2, 0.25) is 0 Å². The van der Waals surface area contributed by atoms with Crippen LogP contribution in [-0.2, 0) is 43.7 Å². The number of carbonyl (C=O) groups excluding carboxylic acids is 3. The fourth-order valence-electron chi connectivity index (χ4n) is 5.26. The maximum Gasteiger partial charge on any atom is 0.303 e. The quantitative estimate of drug-likeness (QED) is 0.168. The van der Waals surface area contributed by atoms with Gasteiger partial charge in [0.1, 0.15) is 17.1 Å². The van der Waals surface area contributed by atoms with Crippen LogP contribution in [0.4, 0.5) is 0 Å². The summed E-state index contributed by atoms with van der Waals surface area (Å²) in [5, 5.41) is 0. The Morgan fingerprint density at radius 2 is 1.07 bits per heavy atom. The van der Waals surface area contributed by atoms with Gasteiger partial charge in [-0.25, -0.2) is 0 Å².